The highest BCUT2D eigenvalue weighted by atomic mass is 32.2. The van der Waals surface area contributed by atoms with Crippen LogP contribution < -0.4 is 9.47 Å². The Kier molecular flexibility index (Phi) is 6.08. The molecule has 0 heterocycles. The zero-order chi connectivity index (χ0) is 17.1. The van der Waals surface area contributed by atoms with E-state index < -0.39 is 20.8 Å². The number of rotatable bonds is 7. The summed E-state index contributed by atoms with van der Waals surface area (Å²) in [6, 6.07) is 0. The van der Waals surface area contributed by atoms with E-state index >= 15 is 0 Å². The van der Waals surface area contributed by atoms with Crippen LogP contribution in [0.5, 0.6) is 17.2 Å². The third-order valence-corrected chi connectivity index (χ3v) is 4.64. The molecule has 6 nitrogen and oxygen atoms in total. The molecule has 0 saturated carbocycles. The van der Waals surface area contributed by atoms with E-state index in [2.05, 4.69) is 0 Å². The second-order valence-corrected chi connectivity index (χ2v) is 6.53. The van der Waals surface area contributed by atoms with Crippen molar-refractivity contribution >= 4 is 10.1 Å². The standard InChI is InChI=1S/C15H24O6S/c1-6-8-10-13(20-4)11(9(3)7-2)12(16)15(14(10)21-5)22(17,18)19/h9,16H,6-8H2,1-5H3,(H,17,18,19). The Hall–Kier alpha value is -1.47. The minimum absolute atomic E-state index is 0.0641. The van der Waals surface area contributed by atoms with Gasteiger partial charge in [0.25, 0.3) is 0 Å². The molecule has 0 aliphatic heterocycles. The lowest BCUT2D eigenvalue weighted by molar-refractivity contribution is 0.350. The van der Waals surface area contributed by atoms with Crippen LogP contribution in [0.15, 0.2) is 4.90 Å². The quantitative estimate of drug-likeness (QED) is 0.745. The summed E-state index contributed by atoms with van der Waals surface area (Å²) in [7, 11) is -1.88. The van der Waals surface area contributed by atoms with Crippen molar-refractivity contribution in [3.63, 3.8) is 0 Å². The molecule has 1 rings (SSSR count). The largest absolute Gasteiger partial charge is 0.506 e. The van der Waals surface area contributed by atoms with E-state index in [9.17, 15) is 18.1 Å². The van der Waals surface area contributed by atoms with Gasteiger partial charge >= 0.3 is 10.1 Å². The summed E-state index contributed by atoms with van der Waals surface area (Å²) in [4.78, 5) is -0.588. The third-order valence-electron chi connectivity index (χ3n) is 3.74. The molecule has 0 amide bonds. The number of benzene rings is 1. The summed E-state index contributed by atoms with van der Waals surface area (Å²) < 4.78 is 43.6. The molecule has 1 atom stereocenters. The van der Waals surface area contributed by atoms with Crippen LogP contribution in [0, 0.1) is 0 Å². The van der Waals surface area contributed by atoms with E-state index in [1.54, 1.807) is 0 Å². The van der Waals surface area contributed by atoms with Crippen LogP contribution in [0.25, 0.3) is 0 Å². The summed E-state index contributed by atoms with van der Waals surface area (Å²) in [6.45, 7) is 5.70. The predicted molar refractivity (Wildman–Crippen MR) is 83.7 cm³/mol. The Labute approximate surface area is 131 Å². The number of hydrogen-bond acceptors (Lipinski definition) is 5. The van der Waals surface area contributed by atoms with Crippen molar-refractivity contribution in [2.24, 2.45) is 0 Å². The highest BCUT2D eigenvalue weighted by Gasteiger charge is 2.32. The molecule has 0 fully saturated rings. The van der Waals surface area contributed by atoms with Crippen LogP contribution in [-0.4, -0.2) is 32.3 Å². The van der Waals surface area contributed by atoms with Gasteiger partial charge in [-0.2, -0.15) is 8.42 Å². The molecular weight excluding hydrogens is 308 g/mol. The average Bonchev–Trinajstić information content (AvgIpc) is 2.45. The molecule has 0 radical (unpaired) electrons. The van der Waals surface area contributed by atoms with Gasteiger partial charge in [-0.15, -0.1) is 0 Å². The van der Waals surface area contributed by atoms with Crippen LogP contribution in [0.4, 0.5) is 0 Å². The van der Waals surface area contributed by atoms with Crippen LogP contribution in [0.3, 0.4) is 0 Å². The summed E-state index contributed by atoms with van der Waals surface area (Å²) in [5.41, 5.74) is 0.912. The lowest BCUT2D eigenvalue weighted by Crippen LogP contribution is -2.10. The summed E-state index contributed by atoms with van der Waals surface area (Å²) >= 11 is 0. The molecule has 0 saturated heterocycles. The number of ether oxygens (including phenoxy) is 2. The third kappa shape index (κ3) is 3.30. The number of methoxy groups -OCH3 is 2. The summed E-state index contributed by atoms with van der Waals surface area (Å²) in [6.07, 6.45) is 1.90. The Morgan fingerprint density at radius 2 is 1.68 bits per heavy atom. The first-order valence-corrected chi connectivity index (χ1v) is 8.65. The van der Waals surface area contributed by atoms with Gasteiger partial charge in [0, 0.05) is 11.1 Å². The van der Waals surface area contributed by atoms with Gasteiger partial charge in [0.05, 0.1) is 14.2 Å². The average molecular weight is 332 g/mol. The lowest BCUT2D eigenvalue weighted by atomic mass is 9.92. The Morgan fingerprint density at radius 3 is 2.05 bits per heavy atom. The van der Waals surface area contributed by atoms with Crippen molar-refractivity contribution < 1.29 is 27.6 Å². The fourth-order valence-electron chi connectivity index (χ4n) is 2.57. The minimum atomic E-state index is -4.64. The number of hydrogen-bond donors (Lipinski definition) is 2. The molecule has 0 spiro atoms. The van der Waals surface area contributed by atoms with Crippen LogP contribution >= 0.6 is 0 Å². The molecular formula is C15H24O6S. The topological polar surface area (TPSA) is 93.1 Å². The van der Waals surface area contributed by atoms with Crippen molar-refractivity contribution in [3.05, 3.63) is 11.1 Å². The van der Waals surface area contributed by atoms with Gasteiger partial charge in [0.1, 0.15) is 11.5 Å². The normalized spacial score (nSPS) is 13.0. The first-order valence-electron chi connectivity index (χ1n) is 7.21. The highest BCUT2D eigenvalue weighted by molar-refractivity contribution is 7.86. The Bertz CT molecular complexity index is 636. The molecule has 1 aromatic rings. The van der Waals surface area contributed by atoms with Crippen molar-refractivity contribution in [3.8, 4) is 17.2 Å². The molecule has 2 N–H and O–H groups in total. The molecule has 126 valence electrons. The van der Waals surface area contributed by atoms with Gasteiger partial charge in [0.2, 0.25) is 0 Å². The van der Waals surface area contributed by atoms with Gasteiger partial charge in [-0.1, -0.05) is 27.2 Å². The van der Waals surface area contributed by atoms with Gasteiger partial charge in [0.15, 0.2) is 10.6 Å². The van der Waals surface area contributed by atoms with E-state index in [0.29, 0.717) is 29.7 Å². The monoisotopic (exact) mass is 332 g/mol. The molecule has 0 aliphatic rings. The molecule has 1 unspecified atom stereocenters. The molecule has 0 aromatic heterocycles. The fraction of sp³-hybridized carbons (Fsp3) is 0.600. The maximum absolute atomic E-state index is 11.7. The van der Waals surface area contributed by atoms with Gasteiger partial charge in [-0.3, -0.25) is 4.55 Å². The van der Waals surface area contributed by atoms with Gasteiger partial charge in [-0.25, -0.2) is 0 Å². The lowest BCUT2D eigenvalue weighted by Gasteiger charge is -2.23. The minimum Gasteiger partial charge on any atom is -0.506 e. The highest BCUT2D eigenvalue weighted by Crippen LogP contribution is 2.49. The first-order chi connectivity index (χ1) is 10.2. The Morgan fingerprint density at radius 1 is 1.14 bits per heavy atom. The number of phenols is 1. The maximum Gasteiger partial charge on any atom is 0.301 e. The molecule has 0 aliphatic carbocycles. The van der Waals surface area contributed by atoms with Crippen molar-refractivity contribution in [2.75, 3.05) is 14.2 Å². The van der Waals surface area contributed by atoms with Crippen molar-refractivity contribution in [1.82, 2.24) is 0 Å². The van der Waals surface area contributed by atoms with Crippen LogP contribution in [0.2, 0.25) is 0 Å². The summed E-state index contributed by atoms with van der Waals surface area (Å²) in [5, 5.41) is 10.4. The first kappa shape index (κ1) is 18.6. The SMILES string of the molecule is CCCc1c(OC)c(C(C)CC)c(O)c(S(=O)(=O)O)c1OC. The zero-order valence-corrected chi connectivity index (χ0v) is 14.5. The van der Waals surface area contributed by atoms with Gasteiger partial charge < -0.3 is 14.6 Å². The van der Waals surface area contributed by atoms with E-state index in [1.165, 1.54) is 14.2 Å². The van der Waals surface area contributed by atoms with E-state index in [4.69, 9.17) is 9.47 Å². The Balaban J connectivity index is 3.98. The van der Waals surface area contributed by atoms with Crippen LogP contribution in [-0.2, 0) is 16.5 Å². The van der Waals surface area contributed by atoms with E-state index in [1.807, 2.05) is 20.8 Å². The molecule has 22 heavy (non-hydrogen) atoms. The fourth-order valence-corrected chi connectivity index (χ4v) is 3.36. The van der Waals surface area contributed by atoms with Crippen molar-refractivity contribution in [2.45, 2.75) is 50.8 Å². The van der Waals surface area contributed by atoms with Gasteiger partial charge in [-0.05, 0) is 18.8 Å². The van der Waals surface area contributed by atoms with E-state index in [0.717, 1.165) is 6.42 Å². The second kappa shape index (κ2) is 7.19. The maximum atomic E-state index is 11.7. The molecule has 0 bridgehead atoms. The van der Waals surface area contributed by atoms with Crippen LogP contribution in [0.1, 0.15) is 50.7 Å². The van der Waals surface area contributed by atoms with E-state index in [-0.39, 0.29) is 11.7 Å². The molecule has 1 aromatic carbocycles. The smallest absolute Gasteiger partial charge is 0.301 e. The second-order valence-electron chi connectivity index (χ2n) is 5.17. The van der Waals surface area contributed by atoms with Crippen molar-refractivity contribution in [1.29, 1.82) is 0 Å². The molecule has 7 heteroatoms. The summed E-state index contributed by atoms with van der Waals surface area (Å²) in [5.74, 6) is -0.300. The number of aromatic hydroxyl groups is 1. The number of phenolic OH excluding ortho intramolecular Hbond substituents is 1. The zero-order valence-electron chi connectivity index (χ0n) is 13.6. The predicted octanol–water partition coefficient (Wildman–Crippen LogP) is 3.12.